The molecule has 0 aliphatic heterocycles. The van der Waals surface area contributed by atoms with Crippen LogP contribution in [0.3, 0.4) is 0 Å². The number of rotatable bonds is 4. The van der Waals surface area contributed by atoms with Crippen LogP contribution in [0.4, 0.5) is 0 Å². The van der Waals surface area contributed by atoms with Gasteiger partial charge in [-0.25, -0.2) is 9.55 Å². The number of benzene rings is 1. The van der Waals surface area contributed by atoms with Gasteiger partial charge in [-0.15, -0.1) is 11.3 Å². The van der Waals surface area contributed by atoms with Gasteiger partial charge in [-0.05, 0) is 35.9 Å². The van der Waals surface area contributed by atoms with E-state index in [0.29, 0.717) is 0 Å². The molecular formula is C16H19N2S+. The lowest BCUT2D eigenvalue weighted by Gasteiger charge is -2.04. The number of hydrogen-bond donors (Lipinski definition) is 1. The summed E-state index contributed by atoms with van der Waals surface area (Å²) in [6, 6.07) is 12.8. The monoisotopic (exact) mass is 271 g/mol. The fourth-order valence-corrected chi connectivity index (χ4v) is 3.09. The number of nitrogens with one attached hydrogen (secondary N) is 1. The van der Waals surface area contributed by atoms with E-state index in [9.17, 15) is 0 Å². The van der Waals surface area contributed by atoms with Crippen LogP contribution < -0.4 is 4.57 Å². The molecular weight excluding hydrogens is 252 g/mol. The molecule has 0 amide bonds. The second-order valence-electron chi connectivity index (χ2n) is 5.30. The number of thiophene rings is 1. The Morgan fingerprint density at radius 1 is 1.16 bits per heavy atom. The van der Waals surface area contributed by atoms with Crippen LogP contribution in [0.5, 0.6) is 0 Å². The summed E-state index contributed by atoms with van der Waals surface area (Å²) in [6.07, 6.45) is 1.20. The number of imidazole rings is 1. The molecule has 3 rings (SSSR count). The highest BCUT2D eigenvalue weighted by atomic mass is 32.1. The van der Waals surface area contributed by atoms with Gasteiger partial charge in [-0.2, -0.15) is 0 Å². The predicted molar refractivity (Wildman–Crippen MR) is 81.3 cm³/mol. The third-order valence-electron chi connectivity index (χ3n) is 3.40. The van der Waals surface area contributed by atoms with Gasteiger partial charge in [0.2, 0.25) is 0 Å². The standard InChI is InChI=1S/C16H18N2S/c1-12(2)9-10-18-14-7-4-3-6-13(14)17-16(18)15-8-5-11-19-15/h3-8,11-12H,9-10H2,1-2H3/p+1. The summed E-state index contributed by atoms with van der Waals surface area (Å²) >= 11 is 1.79. The third-order valence-corrected chi connectivity index (χ3v) is 4.28. The third kappa shape index (κ3) is 2.43. The zero-order chi connectivity index (χ0) is 13.2. The summed E-state index contributed by atoms with van der Waals surface area (Å²) in [6.45, 7) is 5.62. The number of hydrogen-bond acceptors (Lipinski definition) is 1. The van der Waals surface area contributed by atoms with E-state index in [1.54, 1.807) is 11.3 Å². The highest BCUT2D eigenvalue weighted by Crippen LogP contribution is 2.23. The van der Waals surface area contributed by atoms with Gasteiger partial charge in [0.1, 0.15) is 4.88 Å². The molecule has 1 aromatic carbocycles. The fourth-order valence-electron chi connectivity index (χ4n) is 2.36. The zero-order valence-corrected chi connectivity index (χ0v) is 12.2. The number of aromatic nitrogens is 2. The van der Waals surface area contributed by atoms with Crippen LogP contribution in [0.2, 0.25) is 0 Å². The van der Waals surface area contributed by atoms with Crippen molar-refractivity contribution < 1.29 is 4.57 Å². The van der Waals surface area contributed by atoms with Crippen LogP contribution >= 0.6 is 11.3 Å². The highest BCUT2D eigenvalue weighted by molar-refractivity contribution is 7.13. The molecule has 19 heavy (non-hydrogen) atoms. The van der Waals surface area contributed by atoms with E-state index in [1.165, 1.54) is 28.2 Å². The van der Waals surface area contributed by atoms with Gasteiger partial charge in [-0.3, -0.25) is 0 Å². The number of para-hydroxylation sites is 2. The molecule has 0 fully saturated rings. The Morgan fingerprint density at radius 2 is 2.00 bits per heavy atom. The van der Waals surface area contributed by atoms with Crippen molar-refractivity contribution in [3.63, 3.8) is 0 Å². The van der Waals surface area contributed by atoms with Crippen LogP contribution in [0.25, 0.3) is 21.7 Å². The molecule has 98 valence electrons. The van der Waals surface area contributed by atoms with Gasteiger partial charge in [0.15, 0.2) is 11.0 Å². The molecule has 0 atom stereocenters. The predicted octanol–water partition coefficient (Wildman–Crippen LogP) is 4.23. The van der Waals surface area contributed by atoms with Crippen LogP contribution in [0, 0.1) is 5.92 Å². The Kier molecular flexibility index (Phi) is 3.38. The van der Waals surface area contributed by atoms with Crippen LogP contribution in [0.1, 0.15) is 20.3 Å². The number of H-pyrrole nitrogens is 1. The fraction of sp³-hybridized carbons (Fsp3) is 0.312. The molecule has 3 heteroatoms. The van der Waals surface area contributed by atoms with Crippen molar-refractivity contribution in [2.24, 2.45) is 5.92 Å². The largest absolute Gasteiger partial charge is 0.297 e. The summed E-state index contributed by atoms with van der Waals surface area (Å²) in [4.78, 5) is 4.87. The second kappa shape index (κ2) is 5.17. The first-order valence-corrected chi connectivity index (χ1v) is 7.68. The van der Waals surface area contributed by atoms with Crippen molar-refractivity contribution >= 4 is 22.4 Å². The van der Waals surface area contributed by atoms with Crippen LogP contribution in [-0.2, 0) is 6.54 Å². The first kappa shape index (κ1) is 12.4. The molecule has 0 saturated carbocycles. The summed E-state index contributed by atoms with van der Waals surface area (Å²) in [5.41, 5.74) is 2.52. The van der Waals surface area contributed by atoms with Gasteiger partial charge in [0, 0.05) is 0 Å². The number of aromatic amines is 1. The maximum absolute atomic E-state index is 3.56. The highest BCUT2D eigenvalue weighted by Gasteiger charge is 2.20. The van der Waals surface area contributed by atoms with Crippen LogP contribution in [-0.4, -0.2) is 4.98 Å². The summed E-state index contributed by atoms with van der Waals surface area (Å²) < 4.78 is 2.42. The summed E-state index contributed by atoms with van der Waals surface area (Å²) in [5.74, 6) is 1.95. The van der Waals surface area contributed by atoms with E-state index in [0.717, 1.165) is 12.5 Å². The first-order valence-electron chi connectivity index (χ1n) is 6.80. The van der Waals surface area contributed by atoms with Gasteiger partial charge in [-0.1, -0.05) is 32.0 Å². The maximum atomic E-state index is 3.56. The average molecular weight is 271 g/mol. The molecule has 2 nitrogen and oxygen atoms in total. The Bertz CT molecular complexity index is 665. The lowest BCUT2D eigenvalue weighted by atomic mass is 10.1. The number of nitrogens with zero attached hydrogens (tertiary/aromatic N) is 1. The van der Waals surface area contributed by atoms with Crippen molar-refractivity contribution in [3.8, 4) is 10.7 Å². The van der Waals surface area contributed by atoms with E-state index in [2.05, 4.69) is 65.2 Å². The molecule has 2 heterocycles. The molecule has 0 spiro atoms. The maximum Gasteiger partial charge on any atom is 0.297 e. The molecule has 0 aliphatic carbocycles. The van der Waals surface area contributed by atoms with E-state index >= 15 is 0 Å². The molecule has 0 unspecified atom stereocenters. The number of fused-ring (bicyclic) bond motifs is 1. The average Bonchev–Trinajstić information content (AvgIpc) is 3.03. The van der Waals surface area contributed by atoms with E-state index in [-0.39, 0.29) is 0 Å². The van der Waals surface area contributed by atoms with E-state index in [4.69, 9.17) is 0 Å². The van der Waals surface area contributed by atoms with Crippen molar-refractivity contribution in [3.05, 3.63) is 41.8 Å². The van der Waals surface area contributed by atoms with Gasteiger partial charge < -0.3 is 0 Å². The number of aryl methyl sites for hydroxylation is 1. The molecule has 3 aromatic rings. The van der Waals surface area contributed by atoms with Crippen LogP contribution in [0.15, 0.2) is 41.8 Å². The van der Waals surface area contributed by atoms with Crippen molar-refractivity contribution in [2.75, 3.05) is 0 Å². The summed E-state index contributed by atoms with van der Waals surface area (Å²) in [7, 11) is 0. The quantitative estimate of drug-likeness (QED) is 0.685. The molecule has 0 radical (unpaired) electrons. The second-order valence-corrected chi connectivity index (χ2v) is 6.25. The molecule has 1 N–H and O–H groups in total. The lowest BCUT2D eigenvalue weighted by molar-refractivity contribution is -0.661. The minimum atomic E-state index is 0.720. The molecule has 2 aromatic heterocycles. The van der Waals surface area contributed by atoms with E-state index < -0.39 is 0 Å². The lowest BCUT2D eigenvalue weighted by Crippen LogP contribution is -2.35. The Labute approximate surface area is 117 Å². The SMILES string of the molecule is CC(C)CC[n+]1c(-c2cccs2)[nH]c2ccccc21. The Morgan fingerprint density at radius 3 is 2.74 bits per heavy atom. The normalized spacial score (nSPS) is 11.5. The first-order chi connectivity index (χ1) is 9.25. The molecule has 0 bridgehead atoms. The Balaban J connectivity index is 2.11. The minimum absolute atomic E-state index is 0.720. The van der Waals surface area contributed by atoms with Gasteiger partial charge in [0.25, 0.3) is 5.82 Å². The van der Waals surface area contributed by atoms with Gasteiger partial charge >= 0.3 is 0 Å². The molecule has 0 saturated heterocycles. The van der Waals surface area contributed by atoms with Gasteiger partial charge in [0.05, 0.1) is 6.54 Å². The molecule has 0 aliphatic rings. The zero-order valence-electron chi connectivity index (χ0n) is 11.4. The van der Waals surface area contributed by atoms with Crippen molar-refractivity contribution in [1.82, 2.24) is 4.98 Å². The summed E-state index contributed by atoms with van der Waals surface area (Å²) in [5, 5.41) is 2.13. The smallest absolute Gasteiger partial charge is 0.236 e. The van der Waals surface area contributed by atoms with Crippen molar-refractivity contribution in [2.45, 2.75) is 26.8 Å². The Hall–Kier alpha value is -1.61. The van der Waals surface area contributed by atoms with Crippen molar-refractivity contribution in [1.29, 1.82) is 0 Å². The minimum Gasteiger partial charge on any atom is -0.236 e. The topological polar surface area (TPSA) is 19.7 Å². The van der Waals surface area contributed by atoms with E-state index in [1.807, 2.05) is 0 Å².